The van der Waals surface area contributed by atoms with Crippen molar-refractivity contribution in [2.75, 3.05) is 0 Å². The maximum atomic E-state index is 12.7. The normalized spacial score (nSPS) is 15.7. The summed E-state index contributed by atoms with van der Waals surface area (Å²) in [5.41, 5.74) is 4.05. The zero-order valence-corrected chi connectivity index (χ0v) is 16.6. The molecule has 136 valence electrons. The first-order chi connectivity index (χ1) is 12.0. The predicted molar refractivity (Wildman–Crippen MR) is 103 cm³/mol. The van der Waals surface area contributed by atoms with Gasteiger partial charge in [-0.25, -0.2) is 4.98 Å². The molecular formula is C20H29N3OS. The van der Waals surface area contributed by atoms with Crippen molar-refractivity contribution in [2.45, 2.75) is 78.3 Å². The molecule has 1 fully saturated rings. The van der Waals surface area contributed by atoms with Crippen LogP contribution in [0.1, 0.15) is 90.4 Å². The number of hydrogen-bond donors (Lipinski definition) is 1. The molecule has 5 heteroatoms. The van der Waals surface area contributed by atoms with E-state index in [-0.39, 0.29) is 5.91 Å². The van der Waals surface area contributed by atoms with Gasteiger partial charge in [-0.15, -0.1) is 11.3 Å². The molecule has 0 aliphatic heterocycles. The van der Waals surface area contributed by atoms with Gasteiger partial charge >= 0.3 is 0 Å². The number of hydrogen-bond acceptors (Lipinski definition) is 3. The molecule has 1 amide bonds. The van der Waals surface area contributed by atoms with E-state index in [4.69, 9.17) is 0 Å². The van der Waals surface area contributed by atoms with E-state index in [2.05, 4.69) is 42.6 Å². The quantitative estimate of drug-likeness (QED) is 0.805. The molecule has 0 unspecified atom stereocenters. The molecule has 0 radical (unpaired) electrons. The van der Waals surface area contributed by atoms with E-state index >= 15 is 0 Å². The lowest BCUT2D eigenvalue weighted by Gasteiger charge is -2.26. The fraction of sp³-hybridized carbons (Fsp3) is 0.600. The van der Waals surface area contributed by atoms with Gasteiger partial charge in [-0.1, -0.05) is 33.1 Å². The monoisotopic (exact) mass is 359 g/mol. The number of thiazole rings is 1. The summed E-state index contributed by atoms with van der Waals surface area (Å²) >= 11 is 1.67. The van der Waals surface area contributed by atoms with Crippen molar-refractivity contribution < 1.29 is 4.79 Å². The largest absolute Gasteiger partial charge is 0.346 e. The van der Waals surface area contributed by atoms with Crippen LogP contribution in [-0.2, 0) is 6.54 Å². The molecule has 3 rings (SSSR count). The molecule has 2 aromatic rings. The summed E-state index contributed by atoms with van der Waals surface area (Å²) in [6.45, 7) is 8.97. The van der Waals surface area contributed by atoms with Crippen LogP contribution in [0, 0.1) is 13.8 Å². The number of carbonyl (C=O) groups excluding carboxylic acids is 1. The van der Waals surface area contributed by atoms with E-state index in [1.807, 2.05) is 11.4 Å². The summed E-state index contributed by atoms with van der Waals surface area (Å²) in [5.74, 6) is 0.443. The Hall–Kier alpha value is -1.62. The van der Waals surface area contributed by atoms with Crippen LogP contribution in [0.4, 0.5) is 0 Å². The van der Waals surface area contributed by atoms with E-state index in [1.165, 1.54) is 37.8 Å². The summed E-state index contributed by atoms with van der Waals surface area (Å²) in [4.78, 5) is 17.3. The molecule has 25 heavy (non-hydrogen) atoms. The van der Waals surface area contributed by atoms with Crippen LogP contribution in [0.25, 0.3) is 0 Å². The van der Waals surface area contributed by atoms with Crippen LogP contribution in [0.15, 0.2) is 11.4 Å². The lowest BCUT2D eigenvalue weighted by molar-refractivity contribution is 0.0949. The number of carbonyl (C=O) groups is 1. The Balaban J connectivity index is 1.69. The maximum absolute atomic E-state index is 12.7. The SMILES string of the molecule is Cc1cc(C(=O)NCc2csc(C(C)C)n2)c(C)n1C1CCCCC1. The summed E-state index contributed by atoms with van der Waals surface area (Å²) < 4.78 is 2.38. The molecule has 1 aliphatic rings. The highest BCUT2D eigenvalue weighted by molar-refractivity contribution is 7.09. The summed E-state index contributed by atoms with van der Waals surface area (Å²) in [6, 6.07) is 2.60. The third-order valence-corrected chi connectivity index (χ3v) is 6.36. The zero-order chi connectivity index (χ0) is 18.0. The molecule has 4 nitrogen and oxygen atoms in total. The minimum Gasteiger partial charge on any atom is -0.346 e. The average Bonchev–Trinajstić information content (AvgIpc) is 3.18. The van der Waals surface area contributed by atoms with Crippen molar-refractivity contribution >= 4 is 17.2 Å². The summed E-state index contributed by atoms with van der Waals surface area (Å²) in [7, 11) is 0. The molecule has 0 atom stereocenters. The highest BCUT2D eigenvalue weighted by Crippen LogP contribution is 2.32. The van der Waals surface area contributed by atoms with Crippen molar-refractivity contribution in [1.82, 2.24) is 14.9 Å². The van der Waals surface area contributed by atoms with Crippen LogP contribution >= 0.6 is 11.3 Å². The number of aryl methyl sites for hydroxylation is 1. The number of nitrogens with one attached hydrogen (secondary N) is 1. The van der Waals surface area contributed by atoms with Crippen molar-refractivity contribution in [3.05, 3.63) is 39.1 Å². The van der Waals surface area contributed by atoms with Gasteiger partial charge in [-0.3, -0.25) is 4.79 Å². The molecule has 2 heterocycles. The molecule has 2 aromatic heterocycles. The Morgan fingerprint density at radius 2 is 2.04 bits per heavy atom. The number of aromatic nitrogens is 2. The predicted octanol–water partition coefficient (Wildman–Crippen LogP) is 5.12. The van der Waals surface area contributed by atoms with E-state index < -0.39 is 0 Å². The van der Waals surface area contributed by atoms with Gasteiger partial charge in [-0.05, 0) is 32.8 Å². The van der Waals surface area contributed by atoms with Crippen LogP contribution in [0.5, 0.6) is 0 Å². The minimum absolute atomic E-state index is 0.00857. The Kier molecular flexibility index (Phi) is 5.62. The van der Waals surface area contributed by atoms with Crippen molar-refractivity contribution in [1.29, 1.82) is 0 Å². The maximum Gasteiger partial charge on any atom is 0.253 e. The Bertz CT molecular complexity index is 738. The van der Waals surface area contributed by atoms with Gasteiger partial charge in [0.1, 0.15) is 0 Å². The molecule has 1 saturated carbocycles. The van der Waals surface area contributed by atoms with Crippen molar-refractivity contribution in [2.24, 2.45) is 0 Å². The van der Waals surface area contributed by atoms with Gasteiger partial charge in [-0.2, -0.15) is 0 Å². The zero-order valence-electron chi connectivity index (χ0n) is 15.8. The lowest BCUT2D eigenvalue weighted by Crippen LogP contribution is -2.24. The fourth-order valence-electron chi connectivity index (χ4n) is 3.84. The molecule has 0 saturated heterocycles. The Morgan fingerprint density at radius 1 is 1.32 bits per heavy atom. The van der Waals surface area contributed by atoms with Gasteiger partial charge in [0, 0.05) is 28.7 Å². The Labute approximate surface area is 154 Å². The van der Waals surface area contributed by atoms with E-state index in [9.17, 15) is 4.79 Å². The summed E-state index contributed by atoms with van der Waals surface area (Å²) in [6.07, 6.45) is 6.40. The highest BCUT2D eigenvalue weighted by Gasteiger charge is 2.22. The topological polar surface area (TPSA) is 46.9 Å². The van der Waals surface area contributed by atoms with Crippen molar-refractivity contribution in [3.8, 4) is 0 Å². The molecule has 0 aromatic carbocycles. The van der Waals surface area contributed by atoms with E-state index in [0.29, 0.717) is 18.5 Å². The van der Waals surface area contributed by atoms with Gasteiger partial charge in [0.25, 0.3) is 5.91 Å². The Morgan fingerprint density at radius 3 is 2.68 bits per heavy atom. The third kappa shape index (κ3) is 3.97. The first kappa shape index (κ1) is 18.2. The second-order valence-corrected chi connectivity index (χ2v) is 8.35. The molecule has 0 spiro atoms. The first-order valence-corrected chi connectivity index (χ1v) is 10.3. The summed E-state index contributed by atoms with van der Waals surface area (Å²) in [5, 5.41) is 6.21. The number of rotatable bonds is 5. The van der Waals surface area contributed by atoms with Gasteiger partial charge in [0.15, 0.2) is 0 Å². The number of amides is 1. The van der Waals surface area contributed by atoms with Gasteiger partial charge < -0.3 is 9.88 Å². The molecular weight excluding hydrogens is 330 g/mol. The van der Waals surface area contributed by atoms with Crippen LogP contribution in [0.2, 0.25) is 0 Å². The van der Waals surface area contributed by atoms with E-state index in [0.717, 1.165) is 22.0 Å². The van der Waals surface area contributed by atoms with Crippen LogP contribution in [0.3, 0.4) is 0 Å². The second kappa shape index (κ2) is 7.73. The smallest absolute Gasteiger partial charge is 0.253 e. The van der Waals surface area contributed by atoms with Gasteiger partial charge in [0.05, 0.1) is 22.8 Å². The van der Waals surface area contributed by atoms with Crippen molar-refractivity contribution in [3.63, 3.8) is 0 Å². The standard InChI is InChI=1S/C20H29N3OS/c1-13(2)20-22-16(12-25-20)11-21-19(24)18-10-14(3)23(15(18)4)17-8-6-5-7-9-17/h10,12-13,17H,5-9,11H2,1-4H3,(H,21,24). The first-order valence-electron chi connectivity index (χ1n) is 9.38. The fourth-order valence-corrected chi connectivity index (χ4v) is 4.68. The van der Waals surface area contributed by atoms with Crippen LogP contribution < -0.4 is 5.32 Å². The number of nitrogens with zero attached hydrogens (tertiary/aromatic N) is 2. The second-order valence-electron chi connectivity index (χ2n) is 7.46. The minimum atomic E-state index is 0.00857. The lowest BCUT2D eigenvalue weighted by atomic mass is 9.95. The third-order valence-electron chi connectivity index (χ3n) is 5.16. The average molecular weight is 360 g/mol. The molecule has 0 bridgehead atoms. The molecule has 1 aliphatic carbocycles. The highest BCUT2D eigenvalue weighted by atomic mass is 32.1. The van der Waals surface area contributed by atoms with Crippen LogP contribution in [-0.4, -0.2) is 15.5 Å². The molecule has 1 N–H and O–H groups in total. The van der Waals surface area contributed by atoms with E-state index in [1.54, 1.807) is 11.3 Å². The van der Waals surface area contributed by atoms with Gasteiger partial charge in [0.2, 0.25) is 0 Å².